The lowest BCUT2D eigenvalue weighted by Crippen LogP contribution is -1.99. The minimum absolute atomic E-state index is 0.474. The first kappa shape index (κ1) is 11.7. The highest BCUT2D eigenvalue weighted by molar-refractivity contribution is 7.19. The normalized spacial score (nSPS) is 17.8. The average molecular weight is 263 g/mol. The van der Waals surface area contributed by atoms with Crippen molar-refractivity contribution in [2.45, 2.75) is 44.4 Å². The Labute approximate surface area is 110 Å². The van der Waals surface area contributed by atoms with Gasteiger partial charge in [-0.1, -0.05) is 30.8 Å². The van der Waals surface area contributed by atoms with Crippen LogP contribution in [-0.2, 0) is 0 Å². The second-order valence-corrected chi connectivity index (χ2v) is 5.96. The van der Waals surface area contributed by atoms with E-state index >= 15 is 0 Å². The van der Waals surface area contributed by atoms with Crippen molar-refractivity contribution in [2.75, 3.05) is 5.73 Å². The molecule has 0 bridgehead atoms. The molecule has 1 aliphatic rings. The van der Waals surface area contributed by atoms with Gasteiger partial charge in [0.2, 0.25) is 0 Å². The van der Waals surface area contributed by atoms with Gasteiger partial charge in [-0.05, 0) is 25.0 Å². The van der Waals surface area contributed by atoms with Crippen molar-refractivity contribution >= 4 is 16.3 Å². The summed E-state index contributed by atoms with van der Waals surface area (Å²) in [5.74, 6) is 1.96. The Bertz CT molecular complexity index is 512. The van der Waals surface area contributed by atoms with Gasteiger partial charge in [0.15, 0.2) is 5.82 Å². The number of aromatic nitrogens is 2. The second-order valence-electron chi connectivity index (χ2n) is 4.85. The van der Waals surface area contributed by atoms with E-state index in [0.29, 0.717) is 11.8 Å². The van der Waals surface area contributed by atoms with E-state index in [1.807, 2.05) is 12.1 Å². The minimum Gasteiger partial charge on any atom is -0.391 e. The van der Waals surface area contributed by atoms with Crippen LogP contribution in [-0.4, -0.2) is 10.1 Å². The molecule has 2 aromatic rings. The molecule has 0 radical (unpaired) electrons. The van der Waals surface area contributed by atoms with Crippen LogP contribution in [0.1, 0.15) is 50.3 Å². The monoisotopic (exact) mass is 263 g/mol. The molecule has 0 atom stereocenters. The molecule has 1 saturated carbocycles. The van der Waals surface area contributed by atoms with Crippen LogP contribution in [0.4, 0.5) is 5.00 Å². The highest BCUT2D eigenvalue weighted by Crippen LogP contribution is 2.33. The Hall–Kier alpha value is -1.36. The molecule has 2 aromatic heterocycles. The van der Waals surface area contributed by atoms with Crippen molar-refractivity contribution < 1.29 is 4.52 Å². The molecular weight excluding hydrogens is 246 g/mol. The molecule has 1 fully saturated rings. The maximum absolute atomic E-state index is 5.71. The lowest BCUT2D eigenvalue weighted by atomic mass is 10.00. The number of nitrogens with zero attached hydrogens (tertiary/aromatic N) is 2. The summed E-state index contributed by atoms with van der Waals surface area (Å²) in [5, 5.41) is 4.92. The number of hydrogen-bond donors (Lipinski definition) is 1. The zero-order valence-corrected chi connectivity index (χ0v) is 11.1. The van der Waals surface area contributed by atoms with E-state index in [0.717, 1.165) is 15.7 Å². The summed E-state index contributed by atoms with van der Waals surface area (Å²) < 4.78 is 5.35. The molecule has 0 aliphatic heterocycles. The predicted molar refractivity (Wildman–Crippen MR) is 72.5 cm³/mol. The van der Waals surface area contributed by atoms with E-state index in [2.05, 4.69) is 10.1 Å². The van der Waals surface area contributed by atoms with Crippen molar-refractivity contribution in [1.29, 1.82) is 0 Å². The Morgan fingerprint density at radius 3 is 2.61 bits per heavy atom. The summed E-state index contributed by atoms with van der Waals surface area (Å²) in [6.07, 6.45) is 7.60. The zero-order chi connectivity index (χ0) is 12.4. The van der Waals surface area contributed by atoms with Crippen molar-refractivity contribution in [3.63, 3.8) is 0 Å². The number of thiophene rings is 1. The van der Waals surface area contributed by atoms with Gasteiger partial charge in [-0.2, -0.15) is 4.98 Å². The van der Waals surface area contributed by atoms with Gasteiger partial charge < -0.3 is 10.3 Å². The molecule has 18 heavy (non-hydrogen) atoms. The van der Waals surface area contributed by atoms with Gasteiger partial charge in [-0.3, -0.25) is 0 Å². The Balaban J connectivity index is 1.80. The van der Waals surface area contributed by atoms with Crippen molar-refractivity contribution in [3.8, 4) is 10.8 Å². The molecule has 5 heteroatoms. The Morgan fingerprint density at radius 1 is 1.17 bits per heavy atom. The van der Waals surface area contributed by atoms with E-state index in [1.54, 1.807) is 0 Å². The molecule has 0 spiro atoms. The second kappa shape index (κ2) is 5.10. The topological polar surface area (TPSA) is 64.9 Å². The smallest absolute Gasteiger partial charge is 0.268 e. The SMILES string of the molecule is Nc1ccc(-c2nc(C3CCCCCC3)no2)s1. The summed E-state index contributed by atoms with van der Waals surface area (Å²) in [5.41, 5.74) is 5.71. The van der Waals surface area contributed by atoms with E-state index in [4.69, 9.17) is 10.3 Å². The summed E-state index contributed by atoms with van der Waals surface area (Å²) in [7, 11) is 0. The van der Waals surface area contributed by atoms with Crippen LogP contribution in [0.25, 0.3) is 10.8 Å². The maximum Gasteiger partial charge on any atom is 0.268 e. The van der Waals surface area contributed by atoms with Crippen molar-refractivity contribution in [3.05, 3.63) is 18.0 Å². The molecule has 0 saturated heterocycles. The lowest BCUT2D eigenvalue weighted by molar-refractivity contribution is 0.410. The fourth-order valence-corrected chi connectivity index (χ4v) is 3.20. The van der Waals surface area contributed by atoms with Crippen LogP contribution in [0.5, 0.6) is 0 Å². The highest BCUT2D eigenvalue weighted by Gasteiger charge is 2.20. The highest BCUT2D eigenvalue weighted by atomic mass is 32.1. The first-order valence-electron chi connectivity index (χ1n) is 6.52. The standard InChI is InChI=1S/C13H17N3OS/c14-11-8-7-10(18-11)13-15-12(16-17-13)9-5-3-1-2-4-6-9/h7-9H,1-6,14H2. The molecule has 0 amide bonds. The van der Waals surface area contributed by atoms with Gasteiger partial charge in [0.1, 0.15) is 0 Å². The molecular formula is C13H17N3OS. The molecule has 2 heterocycles. The van der Waals surface area contributed by atoms with Crippen LogP contribution < -0.4 is 5.73 Å². The third-order valence-corrected chi connectivity index (χ3v) is 4.40. The van der Waals surface area contributed by atoms with Crippen LogP contribution in [0, 0.1) is 0 Å². The van der Waals surface area contributed by atoms with Gasteiger partial charge in [0, 0.05) is 5.92 Å². The minimum atomic E-state index is 0.474. The molecule has 1 aliphatic carbocycles. The fraction of sp³-hybridized carbons (Fsp3) is 0.538. The van der Waals surface area contributed by atoms with Gasteiger partial charge in [0.25, 0.3) is 5.89 Å². The predicted octanol–water partition coefficient (Wildman–Crippen LogP) is 3.82. The number of hydrogen-bond acceptors (Lipinski definition) is 5. The van der Waals surface area contributed by atoms with Gasteiger partial charge in [0.05, 0.1) is 9.88 Å². The molecule has 4 nitrogen and oxygen atoms in total. The van der Waals surface area contributed by atoms with E-state index in [-0.39, 0.29) is 0 Å². The third-order valence-electron chi connectivity index (χ3n) is 3.50. The Morgan fingerprint density at radius 2 is 1.94 bits per heavy atom. The fourth-order valence-electron chi connectivity index (χ4n) is 2.51. The number of nitrogen functional groups attached to an aromatic ring is 1. The third kappa shape index (κ3) is 2.41. The van der Waals surface area contributed by atoms with Crippen LogP contribution in [0.2, 0.25) is 0 Å². The average Bonchev–Trinajstić information content (AvgIpc) is 2.92. The summed E-state index contributed by atoms with van der Waals surface area (Å²) >= 11 is 1.49. The summed E-state index contributed by atoms with van der Waals surface area (Å²) in [4.78, 5) is 5.49. The van der Waals surface area contributed by atoms with Crippen LogP contribution in [0.15, 0.2) is 16.7 Å². The molecule has 3 rings (SSSR count). The zero-order valence-electron chi connectivity index (χ0n) is 10.3. The first-order chi connectivity index (χ1) is 8.83. The number of nitrogens with two attached hydrogens (primary N) is 1. The van der Waals surface area contributed by atoms with Crippen LogP contribution >= 0.6 is 11.3 Å². The summed E-state index contributed by atoms with van der Waals surface area (Å²) in [6.45, 7) is 0. The molecule has 0 aromatic carbocycles. The van der Waals surface area contributed by atoms with Gasteiger partial charge in [-0.25, -0.2) is 0 Å². The van der Waals surface area contributed by atoms with Crippen molar-refractivity contribution in [1.82, 2.24) is 10.1 Å². The lowest BCUT2D eigenvalue weighted by Gasteiger charge is -2.07. The largest absolute Gasteiger partial charge is 0.391 e. The van der Waals surface area contributed by atoms with E-state index in [1.165, 1.54) is 49.9 Å². The van der Waals surface area contributed by atoms with E-state index in [9.17, 15) is 0 Å². The van der Waals surface area contributed by atoms with Crippen molar-refractivity contribution in [2.24, 2.45) is 0 Å². The summed E-state index contributed by atoms with van der Waals surface area (Å²) in [6, 6.07) is 3.81. The molecule has 2 N–H and O–H groups in total. The maximum atomic E-state index is 5.71. The molecule has 96 valence electrons. The first-order valence-corrected chi connectivity index (χ1v) is 7.34. The van der Waals surface area contributed by atoms with Gasteiger partial charge in [-0.15, -0.1) is 11.3 Å². The quantitative estimate of drug-likeness (QED) is 0.836. The molecule has 0 unspecified atom stereocenters. The number of rotatable bonds is 2. The van der Waals surface area contributed by atoms with Crippen LogP contribution in [0.3, 0.4) is 0 Å². The van der Waals surface area contributed by atoms with E-state index < -0.39 is 0 Å². The Kier molecular flexibility index (Phi) is 3.32. The van der Waals surface area contributed by atoms with Gasteiger partial charge >= 0.3 is 0 Å². The number of anilines is 1.